The number of hydrogen-bond acceptors (Lipinski definition) is 3. The van der Waals surface area contributed by atoms with E-state index in [0.717, 1.165) is 5.56 Å². The summed E-state index contributed by atoms with van der Waals surface area (Å²) in [4.78, 5) is 13.3. The fourth-order valence-corrected chi connectivity index (χ4v) is 3.66. The Hall–Kier alpha value is -2.05. The molecule has 0 aliphatic heterocycles. The number of halogens is 1. The van der Waals surface area contributed by atoms with Crippen molar-refractivity contribution in [1.29, 1.82) is 0 Å². The van der Waals surface area contributed by atoms with Crippen LogP contribution in [0.1, 0.15) is 11.1 Å². The molecule has 0 spiro atoms. The van der Waals surface area contributed by atoms with Gasteiger partial charge in [-0.05, 0) is 42.3 Å². The van der Waals surface area contributed by atoms with Crippen LogP contribution in [0.25, 0.3) is 0 Å². The summed E-state index contributed by atoms with van der Waals surface area (Å²) < 4.78 is 27.5. The van der Waals surface area contributed by atoms with Crippen molar-refractivity contribution in [2.45, 2.75) is 18.2 Å². The number of benzene rings is 2. The Labute approximate surface area is 147 Å². The highest BCUT2D eigenvalue weighted by Crippen LogP contribution is 2.23. The van der Waals surface area contributed by atoms with Crippen LogP contribution in [-0.2, 0) is 21.2 Å². The van der Waals surface area contributed by atoms with E-state index in [9.17, 15) is 13.2 Å². The van der Waals surface area contributed by atoms with Crippen molar-refractivity contribution in [3.8, 4) is 0 Å². The van der Waals surface area contributed by atoms with Crippen molar-refractivity contribution in [2.75, 3.05) is 18.8 Å². The summed E-state index contributed by atoms with van der Waals surface area (Å²) in [6.07, 6.45) is 0.271. The van der Waals surface area contributed by atoms with E-state index >= 15 is 0 Å². The van der Waals surface area contributed by atoms with Crippen molar-refractivity contribution >= 4 is 33.2 Å². The van der Waals surface area contributed by atoms with Gasteiger partial charge in [-0.2, -0.15) is 0 Å². The van der Waals surface area contributed by atoms with Crippen LogP contribution in [0.2, 0.25) is 5.02 Å². The first-order valence-electron chi connectivity index (χ1n) is 7.27. The minimum atomic E-state index is -3.73. The molecule has 0 saturated carbocycles. The highest BCUT2D eigenvalue weighted by Gasteiger charge is 2.17. The van der Waals surface area contributed by atoms with Crippen LogP contribution >= 0.6 is 11.6 Å². The molecule has 0 fully saturated rings. The second-order valence-electron chi connectivity index (χ2n) is 5.68. The van der Waals surface area contributed by atoms with E-state index in [0.29, 0.717) is 16.3 Å². The van der Waals surface area contributed by atoms with Crippen LogP contribution < -0.4 is 4.72 Å². The third-order valence-corrected chi connectivity index (χ3v) is 5.26. The van der Waals surface area contributed by atoms with Gasteiger partial charge in [0.25, 0.3) is 10.0 Å². The fraction of sp³-hybridized carbons (Fsp3) is 0.235. The number of anilines is 1. The molecule has 1 amide bonds. The van der Waals surface area contributed by atoms with E-state index in [2.05, 4.69) is 4.72 Å². The lowest BCUT2D eigenvalue weighted by atomic mass is 10.1. The van der Waals surface area contributed by atoms with Gasteiger partial charge in [0, 0.05) is 24.8 Å². The monoisotopic (exact) mass is 366 g/mol. The van der Waals surface area contributed by atoms with Gasteiger partial charge in [-0.25, -0.2) is 8.42 Å². The molecule has 0 heterocycles. The molecular weight excluding hydrogens is 348 g/mol. The fourth-order valence-electron chi connectivity index (χ4n) is 2.10. The number of sulfonamides is 1. The summed E-state index contributed by atoms with van der Waals surface area (Å²) in [5.74, 6) is -0.0158. The van der Waals surface area contributed by atoms with Gasteiger partial charge in [-0.15, -0.1) is 0 Å². The summed E-state index contributed by atoms with van der Waals surface area (Å²) in [6.45, 7) is 1.71. The standard InChI is InChI=1S/C17H19ClN2O3S/c1-12-4-7-14(18)11-16(12)24(22,23)19-15-8-5-13(6-9-15)10-17(21)20(2)3/h4-9,11,19H,10H2,1-3H3. The zero-order valence-electron chi connectivity index (χ0n) is 13.7. The number of rotatable bonds is 5. The first-order valence-corrected chi connectivity index (χ1v) is 9.13. The minimum absolute atomic E-state index is 0.0158. The molecule has 2 rings (SSSR count). The van der Waals surface area contributed by atoms with E-state index in [4.69, 9.17) is 11.6 Å². The lowest BCUT2D eigenvalue weighted by molar-refractivity contribution is -0.127. The number of nitrogens with one attached hydrogen (secondary N) is 1. The number of aryl methyl sites for hydroxylation is 1. The van der Waals surface area contributed by atoms with Crippen LogP contribution in [0.15, 0.2) is 47.4 Å². The van der Waals surface area contributed by atoms with Gasteiger partial charge >= 0.3 is 0 Å². The number of carbonyl (C=O) groups excluding carboxylic acids is 1. The lowest BCUT2D eigenvalue weighted by Gasteiger charge is -2.12. The average molecular weight is 367 g/mol. The van der Waals surface area contributed by atoms with Crippen molar-refractivity contribution in [3.05, 3.63) is 58.6 Å². The number of hydrogen-bond donors (Lipinski definition) is 1. The molecule has 1 N–H and O–H groups in total. The molecule has 0 bridgehead atoms. The molecule has 0 aromatic heterocycles. The maximum Gasteiger partial charge on any atom is 0.262 e. The number of likely N-dealkylation sites (N-methyl/N-ethyl adjacent to an activating group) is 1. The SMILES string of the molecule is Cc1ccc(Cl)cc1S(=O)(=O)Nc1ccc(CC(=O)N(C)C)cc1. The molecular formula is C17H19ClN2O3S. The van der Waals surface area contributed by atoms with E-state index < -0.39 is 10.0 Å². The van der Waals surface area contributed by atoms with E-state index in [-0.39, 0.29) is 17.2 Å². The molecule has 7 heteroatoms. The third-order valence-electron chi connectivity index (χ3n) is 3.50. The molecule has 2 aromatic rings. The highest BCUT2D eigenvalue weighted by atomic mass is 35.5. The first kappa shape index (κ1) is 18.3. The summed E-state index contributed by atoms with van der Waals surface area (Å²) in [6, 6.07) is 11.4. The van der Waals surface area contributed by atoms with Gasteiger partial charge in [0.1, 0.15) is 0 Å². The van der Waals surface area contributed by atoms with Crippen LogP contribution in [0, 0.1) is 6.92 Å². The van der Waals surface area contributed by atoms with E-state index in [1.165, 1.54) is 11.0 Å². The summed E-state index contributed by atoms with van der Waals surface area (Å²) >= 11 is 5.89. The van der Waals surface area contributed by atoms with Gasteiger partial charge in [-0.1, -0.05) is 29.8 Å². The van der Waals surface area contributed by atoms with Crippen molar-refractivity contribution < 1.29 is 13.2 Å². The van der Waals surface area contributed by atoms with Gasteiger partial charge < -0.3 is 4.90 Å². The number of carbonyl (C=O) groups is 1. The van der Waals surface area contributed by atoms with Gasteiger partial charge in [0.05, 0.1) is 11.3 Å². The summed E-state index contributed by atoms with van der Waals surface area (Å²) in [7, 11) is -0.340. The third kappa shape index (κ3) is 4.49. The second-order valence-corrected chi connectivity index (χ2v) is 7.76. The molecule has 2 aromatic carbocycles. The topological polar surface area (TPSA) is 66.5 Å². The van der Waals surface area contributed by atoms with Crippen molar-refractivity contribution in [3.63, 3.8) is 0 Å². The first-order chi connectivity index (χ1) is 11.2. The van der Waals surface area contributed by atoms with E-state index in [1.54, 1.807) is 57.4 Å². The molecule has 0 atom stereocenters. The largest absolute Gasteiger partial charge is 0.349 e. The molecule has 0 radical (unpaired) electrons. The van der Waals surface area contributed by atoms with Gasteiger partial charge in [-0.3, -0.25) is 9.52 Å². The van der Waals surface area contributed by atoms with E-state index in [1.807, 2.05) is 0 Å². The quantitative estimate of drug-likeness (QED) is 0.884. The van der Waals surface area contributed by atoms with Crippen LogP contribution in [0.3, 0.4) is 0 Å². The Bertz CT molecular complexity index is 847. The van der Waals surface area contributed by atoms with Crippen LogP contribution in [-0.4, -0.2) is 33.3 Å². The average Bonchev–Trinajstić information content (AvgIpc) is 2.51. The molecule has 0 saturated heterocycles. The van der Waals surface area contributed by atoms with Crippen LogP contribution in [0.5, 0.6) is 0 Å². The normalized spacial score (nSPS) is 11.2. The van der Waals surface area contributed by atoms with Crippen molar-refractivity contribution in [2.24, 2.45) is 0 Å². The zero-order valence-corrected chi connectivity index (χ0v) is 15.3. The lowest BCUT2D eigenvalue weighted by Crippen LogP contribution is -2.23. The Morgan fingerprint density at radius 2 is 1.75 bits per heavy atom. The maximum absolute atomic E-state index is 12.5. The number of amides is 1. The Kier molecular flexibility index (Phi) is 5.51. The molecule has 5 nitrogen and oxygen atoms in total. The molecule has 0 aliphatic carbocycles. The molecule has 24 heavy (non-hydrogen) atoms. The van der Waals surface area contributed by atoms with Gasteiger partial charge in [0.2, 0.25) is 5.91 Å². The smallest absolute Gasteiger partial charge is 0.262 e. The summed E-state index contributed by atoms with van der Waals surface area (Å²) in [5.41, 5.74) is 1.85. The minimum Gasteiger partial charge on any atom is -0.349 e. The highest BCUT2D eigenvalue weighted by molar-refractivity contribution is 7.92. The molecule has 0 unspecified atom stereocenters. The van der Waals surface area contributed by atoms with Gasteiger partial charge in [0.15, 0.2) is 0 Å². The predicted octanol–water partition coefficient (Wildman–Crippen LogP) is 3.08. The molecule has 128 valence electrons. The second kappa shape index (κ2) is 7.23. The Morgan fingerprint density at radius 3 is 2.33 bits per heavy atom. The maximum atomic E-state index is 12.5. The van der Waals surface area contributed by atoms with Crippen LogP contribution in [0.4, 0.5) is 5.69 Å². The number of nitrogens with zero attached hydrogens (tertiary/aromatic N) is 1. The zero-order chi connectivity index (χ0) is 17.9. The Balaban J connectivity index is 2.18. The Morgan fingerprint density at radius 1 is 1.12 bits per heavy atom. The molecule has 0 aliphatic rings. The van der Waals surface area contributed by atoms with Crippen molar-refractivity contribution in [1.82, 2.24) is 4.90 Å². The predicted molar refractivity (Wildman–Crippen MR) is 95.8 cm³/mol. The summed E-state index contributed by atoms with van der Waals surface area (Å²) in [5, 5.41) is 0.360.